The first-order valence-electron chi connectivity index (χ1n) is 4.29. The highest BCUT2D eigenvalue weighted by Crippen LogP contribution is 2.13. The summed E-state index contributed by atoms with van der Waals surface area (Å²) in [5.74, 6) is 4.02. The van der Waals surface area contributed by atoms with Crippen molar-refractivity contribution in [2.75, 3.05) is 11.9 Å². The summed E-state index contributed by atoms with van der Waals surface area (Å²) in [6.07, 6.45) is 0. The first-order chi connectivity index (χ1) is 7.49. The number of hydrogen-bond acceptors (Lipinski definition) is 3. The van der Waals surface area contributed by atoms with E-state index in [1.54, 1.807) is 24.3 Å². The van der Waals surface area contributed by atoms with Crippen LogP contribution in [0, 0.1) is 0 Å². The van der Waals surface area contributed by atoms with Crippen molar-refractivity contribution in [3.8, 4) is 0 Å². The Bertz CT molecular complexity index is 393. The van der Waals surface area contributed by atoms with Gasteiger partial charge in [-0.05, 0) is 24.3 Å². The van der Waals surface area contributed by atoms with Gasteiger partial charge < -0.3 is 10.4 Å². The average molecular weight is 244 g/mol. The van der Waals surface area contributed by atoms with Gasteiger partial charge in [0.15, 0.2) is 0 Å². The number of amides is 2. The molecular weight excluding hydrogens is 234 g/mol. The van der Waals surface area contributed by atoms with Crippen LogP contribution < -0.4 is 11.2 Å². The summed E-state index contributed by atoms with van der Waals surface area (Å²) >= 11 is 5.65. The molecule has 0 unspecified atom stereocenters. The zero-order chi connectivity index (χ0) is 12.1. The number of carboxylic acid groups (broad SMARTS) is 1. The average Bonchev–Trinajstić information content (AvgIpc) is 2.20. The Morgan fingerprint density at radius 3 is 2.44 bits per heavy atom. The van der Waals surface area contributed by atoms with Crippen molar-refractivity contribution < 1.29 is 14.7 Å². The molecule has 0 aliphatic carbocycles. The zero-order valence-electron chi connectivity index (χ0n) is 8.18. The Labute approximate surface area is 96.6 Å². The smallest absolute Gasteiger partial charge is 0.336 e. The van der Waals surface area contributed by atoms with E-state index >= 15 is 0 Å². The minimum Gasteiger partial charge on any atom is -0.480 e. The van der Waals surface area contributed by atoms with E-state index < -0.39 is 18.5 Å². The van der Waals surface area contributed by atoms with Gasteiger partial charge in [-0.15, -0.1) is 0 Å². The molecule has 1 aromatic carbocycles. The SMILES string of the molecule is NN(CC(=O)O)C(=O)Nc1ccc(Cl)cc1. The van der Waals surface area contributed by atoms with Gasteiger partial charge >= 0.3 is 12.0 Å². The Balaban J connectivity index is 2.57. The number of anilines is 1. The van der Waals surface area contributed by atoms with E-state index in [1.165, 1.54) is 0 Å². The quantitative estimate of drug-likeness (QED) is 0.421. The summed E-state index contributed by atoms with van der Waals surface area (Å²) in [6, 6.07) is 5.64. The molecule has 1 rings (SSSR count). The van der Waals surface area contributed by atoms with Crippen molar-refractivity contribution in [1.82, 2.24) is 5.01 Å². The lowest BCUT2D eigenvalue weighted by molar-refractivity contribution is -0.137. The molecule has 0 aliphatic heterocycles. The van der Waals surface area contributed by atoms with Gasteiger partial charge in [-0.2, -0.15) is 0 Å². The van der Waals surface area contributed by atoms with Crippen LogP contribution in [0.3, 0.4) is 0 Å². The highest BCUT2D eigenvalue weighted by atomic mass is 35.5. The van der Waals surface area contributed by atoms with Crippen LogP contribution in [0.5, 0.6) is 0 Å². The standard InChI is InChI=1S/C9H10ClN3O3/c10-6-1-3-7(4-2-6)12-9(16)13(11)5-8(14)15/h1-4H,5,11H2,(H,12,16)(H,14,15). The van der Waals surface area contributed by atoms with Crippen molar-refractivity contribution in [2.24, 2.45) is 5.84 Å². The maximum Gasteiger partial charge on any atom is 0.336 e. The molecule has 2 amide bonds. The second-order valence-electron chi connectivity index (χ2n) is 2.96. The highest BCUT2D eigenvalue weighted by Gasteiger charge is 2.12. The third-order valence-electron chi connectivity index (χ3n) is 1.66. The van der Waals surface area contributed by atoms with Crippen LogP contribution in [-0.2, 0) is 4.79 Å². The number of halogens is 1. The molecule has 0 saturated heterocycles. The molecule has 1 aromatic rings. The number of carbonyl (C=O) groups is 2. The topological polar surface area (TPSA) is 95.7 Å². The Kier molecular flexibility index (Phi) is 4.10. The summed E-state index contributed by atoms with van der Waals surface area (Å²) in [4.78, 5) is 21.6. The molecule has 0 aromatic heterocycles. The maximum atomic E-state index is 11.3. The first kappa shape index (κ1) is 12.3. The fourth-order valence-corrected chi connectivity index (χ4v) is 1.07. The van der Waals surface area contributed by atoms with E-state index in [0.717, 1.165) is 0 Å². The van der Waals surface area contributed by atoms with E-state index in [-0.39, 0.29) is 0 Å². The van der Waals surface area contributed by atoms with Gasteiger partial charge in [-0.1, -0.05) is 11.6 Å². The third-order valence-corrected chi connectivity index (χ3v) is 1.91. The lowest BCUT2D eigenvalue weighted by atomic mass is 10.3. The molecule has 86 valence electrons. The highest BCUT2D eigenvalue weighted by molar-refractivity contribution is 6.30. The predicted octanol–water partition coefficient (Wildman–Crippen LogP) is 1.13. The van der Waals surface area contributed by atoms with Crippen LogP contribution in [0.25, 0.3) is 0 Å². The molecule has 6 nitrogen and oxygen atoms in total. The van der Waals surface area contributed by atoms with Crippen LogP contribution in [-0.4, -0.2) is 28.7 Å². The molecule has 7 heteroatoms. The lowest BCUT2D eigenvalue weighted by Crippen LogP contribution is -2.43. The van der Waals surface area contributed by atoms with E-state index in [4.69, 9.17) is 22.6 Å². The molecule has 0 spiro atoms. The summed E-state index contributed by atoms with van der Waals surface area (Å²) in [7, 11) is 0. The number of carboxylic acids is 1. The van der Waals surface area contributed by atoms with Crippen LogP contribution in [0.2, 0.25) is 5.02 Å². The van der Waals surface area contributed by atoms with E-state index in [0.29, 0.717) is 15.7 Å². The van der Waals surface area contributed by atoms with Crippen molar-refractivity contribution in [3.05, 3.63) is 29.3 Å². The molecule has 0 saturated carbocycles. The van der Waals surface area contributed by atoms with Gasteiger partial charge in [0.05, 0.1) is 0 Å². The van der Waals surface area contributed by atoms with Gasteiger partial charge in [0.25, 0.3) is 0 Å². The molecular formula is C9H10ClN3O3. The number of hydrazine groups is 1. The summed E-state index contributed by atoms with van der Waals surface area (Å²) in [5, 5.41) is 11.9. The molecule has 0 radical (unpaired) electrons. The Hall–Kier alpha value is -1.79. The van der Waals surface area contributed by atoms with Crippen molar-refractivity contribution >= 4 is 29.3 Å². The number of carbonyl (C=O) groups excluding carboxylic acids is 1. The Morgan fingerprint density at radius 1 is 1.38 bits per heavy atom. The van der Waals surface area contributed by atoms with E-state index in [2.05, 4.69) is 5.32 Å². The molecule has 0 aliphatic rings. The molecule has 0 heterocycles. The summed E-state index contributed by atoms with van der Waals surface area (Å²) in [6.45, 7) is -0.570. The summed E-state index contributed by atoms with van der Waals surface area (Å²) in [5.41, 5.74) is 0.482. The molecule has 0 fully saturated rings. The second-order valence-corrected chi connectivity index (χ2v) is 3.40. The van der Waals surface area contributed by atoms with Crippen LogP contribution in [0.15, 0.2) is 24.3 Å². The van der Waals surface area contributed by atoms with Crippen molar-refractivity contribution in [1.29, 1.82) is 0 Å². The minimum absolute atomic E-state index is 0.482. The largest absolute Gasteiger partial charge is 0.480 e. The van der Waals surface area contributed by atoms with Gasteiger partial charge in [0.1, 0.15) is 6.54 Å². The van der Waals surface area contributed by atoms with Crippen LogP contribution in [0.4, 0.5) is 10.5 Å². The number of nitrogens with two attached hydrogens (primary N) is 1. The molecule has 4 N–H and O–H groups in total. The second kappa shape index (κ2) is 5.34. The number of rotatable bonds is 3. The third kappa shape index (κ3) is 3.76. The van der Waals surface area contributed by atoms with Gasteiger partial charge in [0, 0.05) is 10.7 Å². The fourth-order valence-electron chi connectivity index (χ4n) is 0.946. The van der Waals surface area contributed by atoms with Crippen LogP contribution in [0.1, 0.15) is 0 Å². The first-order valence-corrected chi connectivity index (χ1v) is 4.67. The Morgan fingerprint density at radius 2 is 1.94 bits per heavy atom. The molecule has 16 heavy (non-hydrogen) atoms. The van der Waals surface area contributed by atoms with Gasteiger partial charge in [-0.3, -0.25) is 9.80 Å². The predicted molar refractivity (Wildman–Crippen MR) is 59.0 cm³/mol. The lowest BCUT2D eigenvalue weighted by Gasteiger charge is -2.14. The number of aliphatic carboxylic acids is 1. The van der Waals surface area contributed by atoms with Gasteiger partial charge in [-0.25, -0.2) is 10.6 Å². The molecule has 0 atom stereocenters. The maximum absolute atomic E-state index is 11.3. The number of nitrogens with zero attached hydrogens (tertiary/aromatic N) is 1. The normalized spacial score (nSPS) is 9.62. The fraction of sp³-hybridized carbons (Fsp3) is 0.111. The zero-order valence-corrected chi connectivity index (χ0v) is 8.94. The van der Waals surface area contributed by atoms with Crippen molar-refractivity contribution in [2.45, 2.75) is 0 Å². The van der Waals surface area contributed by atoms with Gasteiger partial charge in [0.2, 0.25) is 0 Å². The van der Waals surface area contributed by atoms with Crippen molar-refractivity contribution in [3.63, 3.8) is 0 Å². The monoisotopic (exact) mass is 243 g/mol. The van der Waals surface area contributed by atoms with Crippen LogP contribution >= 0.6 is 11.6 Å². The number of urea groups is 1. The number of nitrogens with one attached hydrogen (secondary N) is 1. The van der Waals surface area contributed by atoms with E-state index in [9.17, 15) is 9.59 Å². The minimum atomic E-state index is -1.19. The van der Waals surface area contributed by atoms with E-state index in [1.807, 2.05) is 0 Å². The molecule has 0 bridgehead atoms. The number of benzene rings is 1. The number of hydrogen-bond donors (Lipinski definition) is 3. The summed E-state index contributed by atoms with van der Waals surface area (Å²) < 4.78 is 0.